The SMILES string of the molecule is O=C(O)C(CCc1ccsc1)CC(CCc1ccsc1)C(=O)N[C@H](CCc1ccccc1)C(=O)O. The Labute approximate surface area is 213 Å². The van der Waals surface area contributed by atoms with Crippen molar-refractivity contribution in [1.82, 2.24) is 5.32 Å². The van der Waals surface area contributed by atoms with E-state index in [1.165, 1.54) is 0 Å². The molecular weight excluding hydrogens is 482 g/mol. The predicted octanol–water partition coefficient (Wildman–Crippen LogP) is 5.28. The minimum atomic E-state index is -1.09. The smallest absolute Gasteiger partial charge is 0.326 e. The van der Waals surface area contributed by atoms with E-state index in [0.29, 0.717) is 32.1 Å². The van der Waals surface area contributed by atoms with Crippen molar-refractivity contribution in [3.63, 3.8) is 0 Å². The van der Waals surface area contributed by atoms with Gasteiger partial charge in [0.2, 0.25) is 5.91 Å². The van der Waals surface area contributed by atoms with Gasteiger partial charge in [0, 0.05) is 5.92 Å². The summed E-state index contributed by atoms with van der Waals surface area (Å²) in [6.07, 6.45) is 3.15. The highest BCUT2D eigenvalue weighted by atomic mass is 32.1. The van der Waals surface area contributed by atoms with Crippen molar-refractivity contribution in [1.29, 1.82) is 0 Å². The monoisotopic (exact) mass is 513 g/mol. The van der Waals surface area contributed by atoms with Gasteiger partial charge in [0.15, 0.2) is 0 Å². The van der Waals surface area contributed by atoms with Crippen molar-refractivity contribution < 1.29 is 24.6 Å². The van der Waals surface area contributed by atoms with E-state index < -0.39 is 29.8 Å². The highest BCUT2D eigenvalue weighted by molar-refractivity contribution is 7.08. The molecule has 0 aliphatic heterocycles. The lowest BCUT2D eigenvalue weighted by molar-refractivity contribution is -0.145. The van der Waals surface area contributed by atoms with E-state index in [4.69, 9.17) is 0 Å². The van der Waals surface area contributed by atoms with Gasteiger partial charge in [-0.2, -0.15) is 22.7 Å². The summed E-state index contributed by atoms with van der Waals surface area (Å²) in [6.45, 7) is 0. The number of carbonyl (C=O) groups excluding carboxylic acids is 1. The number of aliphatic carboxylic acids is 2. The van der Waals surface area contributed by atoms with Crippen molar-refractivity contribution in [2.24, 2.45) is 11.8 Å². The fourth-order valence-corrected chi connectivity index (χ4v) is 5.50. The Kier molecular flexibility index (Phi) is 10.5. The van der Waals surface area contributed by atoms with Gasteiger partial charge in [-0.25, -0.2) is 4.79 Å². The zero-order valence-electron chi connectivity index (χ0n) is 19.5. The Bertz CT molecular complexity index is 1050. The second-order valence-electron chi connectivity index (χ2n) is 8.73. The van der Waals surface area contributed by atoms with Crippen LogP contribution in [0.5, 0.6) is 0 Å². The van der Waals surface area contributed by atoms with E-state index in [0.717, 1.165) is 16.7 Å². The topological polar surface area (TPSA) is 104 Å². The van der Waals surface area contributed by atoms with Gasteiger partial charge in [-0.15, -0.1) is 0 Å². The van der Waals surface area contributed by atoms with Crippen LogP contribution in [0, 0.1) is 11.8 Å². The van der Waals surface area contributed by atoms with Crippen LogP contribution in [0.15, 0.2) is 64.0 Å². The van der Waals surface area contributed by atoms with Crippen molar-refractivity contribution >= 4 is 40.5 Å². The lowest BCUT2D eigenvalue weighted by Gasteiger charge is -2.23. The molecule has 0 spiro atoms. The Morgan fingerprint density at radius 2 is 1.29 bits per heavy atom. The maximum absolute atomic E-state index is 13.3. The molecule has 3 atom stereocenters. The summed E-state index contributed by atoms with van der Waals surface area (Å²) >= 11 is 3.14. The Morgan fingerprint density at radius 3 is 1.80 bits per heavy atom. The number of hydrogen-bond donors (Lipinski definition) is 3. The summed E-state index contributed by atoms with van der Waals surface area (Å²) in [5, 5.41) is 30.2. The highest BCUT2D eigenvalue weighted by Gasteiger charge is 2.30. The van der Waals surface area contributed by atoms with Crippen molar-refractivity contribution in [3.05, 3.63) is 80.7 Å². The minimum absolute atomic E-state index is 0.181. The molecule has 2 heterocycles. The molecular formula is C27H31NO5S2. The molecule has 0 saturated carbocycles. The molecule has 0 aliphatic rings. The number of carbonyl (C=O) groups is 3. The standard InChI is InChI=1S/C27H31NO5S2/c29-25(28-24(27(32)33)11-8-19-4-2-1-3-5-19)22(9-6-20-12-14-34-17-20)16-23(26(30)31)10-7-21-13-15-35-18-21/h1-5,12-15,17-18,22-24H,6-11,16H2,(H,28,29)(H,30,31)(H,32,33)/t22?,23?,24-/m1/s1. The normalized spacial score (nSPS) is 13.6. The molecule has 0 fully saturated rings. The first-order valence-corrected chi connectivity index (χ1v) is 13.6. The molecule has 35 heavy (non-hydrogen) atoms. The summed E-state index contributed by atoms with van der Waals surface area (Å²) in [5.74, 6) is -3.66. The Morgan fingerprint density at radius 1 is 0.714 bits per heavy atom. The molecule has 2 aromatic heterocycles. The number of thiophene rings is 2. The Balaban J connectivity index is 1.67. The van der Waals surface area contributed by atoms with Crippen LogP contribution < -0.4 is 5.32 Å². The Hall–Kier alpha value is -2.97. The predicted molar refractivity (Wildman–Crippen MR) is 139 cm³/mol. The molecule has 2 unspecified atom stereocenters. The summed E-state index contributed by atoms with van der Waals surface area (Å²) in [6, 6.07) is 12.5. The molecule has 0 saturated heterocycles. The maximum Gasteiger partial charge on any atom is 0.326 e. The van der Waals surface area contributed by atoms with Crippen LogP contribution >= 0.6 is 22.7 Å². The second kappa shape index (κ2) is 13.8. The van der Waals surface area contributed by atoms with Crippen LogP contribution in [-0.2, 0) is 33.6 Å². The molecule has 6 nitrogen and oxygen atoms in total. The molecule has 8 heteroatoms. The quantitative estimate of drug-likeness (QED) is 0.256. The average molecular weight is 514 g/mol. The van der Waals surface area contributed by atoms with E-state index >= 15 is 0 Å². The third-order valence-electron chi connectivity index (χ3n) is 6.19. The number of aryl methyl sites for hydroxylation is 3. The molecule has 0 bridgehead atoms. The first kappa shape index (κ1) is 26.6. The molecule has 186 valence electrons. The van der Waals surface area contributed by atoms with Gasteiger partial charge in [0.05, 0.1) is 5.92 Å². The van der Waals surface area contributed by atoms with Gasteiger partial charge in [-0.3, -0.25) is 9.59 Å². The van der Waals surface area contributed by atoms with Gasteiger partial charge in [0.1, 0.15) is 6.04 Å². The van der Waals surface area contributed by atoms with Crippen LogP contribution in [-0.4, -0.2) is 34.1 Å². The first-order chi connectivity index (χ1) is 16.9. The summed E-state index contributed by atoms with van der Waals surface area (Å²) in [4.78, 5) is 37.2. The average Bonchev–Trinajstić information content (AvgIpc) is 3.56. The number of carboxylic acids is 2. The number of hydrogen-bond acceptors (Lipinski definition) is 5. The number of carboxylic acid groups (broad SMARTS) is 2. The van der Waals surface area contributed by atoms with Crippen LogP contribution in [0.25, 0.3) is 0 Å². The largest absolute Gasteiger partial charge is 0.481 e. The van der Waals surface area contributed by atoms with Crippen molar-refractivity contribution in [3.8, 4) is 0 Å². The third kappa shape index (κ3) is 8.96. The molecule has 3 N–H and O–H groups in total. The molecule has 1 aromatic carbocycles. The number of nitrogens with one attached hydrogen (secondary N) is 1. The highest BCUT2D eigenvalue weighted by Crippen LogP contribution is 2.25. The molecule has 3 rings (SSSR count). The zero-order chi connectivity index (χ0) is 25.0. The number of rotatable bonds is 15. The third-order valence-corrected chi connectivity index (χ3v) is 7.66. The lowest BCUT2D eigenvalue weighted by Crippen LogP contribution is -2.44. The van der Waals surface area contributed by atoms with E-state index in [1.807, 2.05) is 64.0 Å². The van der Waals surface area contributed by atoms with Gasteiger partial charge in [0.25, 0.3) is 0 Å². The zero-order valence-corrected chi connectivity index (χ0v) is 21.1. The van der Waals surface area contributed by atoms with Gasteiger partial charge in [-0.05, 0) is 95.3 Å². The van der Waals surface area contributed by atoms with Crippen molar-refractivity contribution in [2.45, 2.75) is 51.0 Å². The first-order valence-electron chi connectivity index (χ1n) is 11.7. The van der Waals surface area contributed by atoms with E-state index in [9.17, 15) is 24.6 Å². The number of benzene rings is 1. The lowest BCUT2D eigenvalue weighted by atomic mass is 9.86. The van der Waals surface area contributed by atoms with Crippen molar-refractivity contribution in [2.75, 3.05) is 0 Å². The second-order valence-corrected chi connectivity index (χ2v) is 10.3. The fraction of sp³-hybridized carbons (Fsp3) is 0.370. The molecule has 1 amide bonds. The van der Waals surface area contributed by atoms with Crippen LogP contribution in [0.3, 0.4) is 0 Å². The maximum atomic E-state index is 13.3. The van der Waals surface area contributed by atoms with E-state index in [-0.39, 0.29) is 18.7 Å². The van der Waals surface area contributed by atoms with Crippen LogP contribution in [0.2, 0.25) is 0 Å². The molecule has 0 aliphatic carbocycles. The van der Waals surface area contributed by atoms with E-state index in [2.05, 4.69) is 5.32 Å². The summed E-state index contributed by atoms with van der Waals surface area (Å²) in [5.41, 5.74) is 3.19. The number of amides is 1. The van der Waals surface area contributed by atoms with Crippen LogP contribution in [0.1, 0.15) is 42.4 Å². The summed E-state index contributed by atoms with van der Waals surface area (Å²) < 4.78 is 0. The van der Waals surface area contributed by atoms with Gasteiger partial charge < -0.3 is 15.5 Å². The van der Waals surface area contributed by atoms with Gasteiger partial charge in [-0.1, -0.05) is 30.3 Å². The molecule has 0 radical (unpaired) electrons. The van der Waals surface area contributed by atoms with E-state index in [1.54, 1.807) is 22.7 Å². The van der Waals surface area contributed by atoms with Crippen LogP contribution in [0.4, 0.5) is 0 Å². The molecule has 3 aromatic rings. The van der Waals surface area contributed by atoms with Gasteiger partial charge >= 0.3 is 11.9 Å². The fourth-order valence-electron chi connectivity index (χ4n) is 4.10. The minimum Gasteiger partial charge on any atom is -0.481 e. The summed E-state index contributed by atoms with van der Waals surface area (Å²) in [7, 11) is 0.